The van der Waals surface area contributed by atoms with Crippen LogP contribution >= 0.6 is 11.3 Å². The second-order valence-electron chi connectivity index (χ2n) is 13.2. The molecule has 0 unspecified atom stereocenters. The van der Waals surface area contributed by atoms with Crippen molar-refractivity contribution in [3.63, 3.8) is 0 Å². The lowest BCUT2D eigenvalue weighted by Crippen LogP contribution is -2.35. The zero-order valence-corrected chi connectivity index (χ0v) is 25.9. The smallest absolute Gasteiger partial charge is 0.261 e. The van der Waals surface area contributed by atoms with E-state index >= 15 is 0 Å². The molecule has 0 saturated carbocycles. The minimum Gasteiger partial charge on any atom is -0.344 e. The van der Waals surface area contributed by atoms with Crippen LogP contribution in [0.5, 0.6) is 0 Å². The summed E-state index contributed by atoms with van der Waals surface area (Å²) in [5.41, 5.74) is 5.82. The summed E-state index contributed by atoms with van der Waals surface area (Å²) in [4.78, 5) is 37.2. The second-order valence-corrected chi connectivity index (χ2v) is 14.2. The third kappa shape index (κ3) is 6.52. The molecule has 1 fully saturated rings. The SMILES string of the molecule is CC(C)(C)[C@H]1CCc2nc3sc(C(=O)N[C@H](CCN4CCCCC4)c4ccc(-c5ccc(=O)[nH]c5)cc4)cc3cc2C1. The topological polar surface area (TPSA) is 78.1 Å². The Hall–Kier alpha value is -3.29. The van der Waals surface area contributed by atoms with Crippen LogP contribution < -0.4 is 10.9 Å². The molecule has 1 aromatic carbocycles. The van der Waals surface area contributed by atoms with Crippen molar-refractivity contribution in [2.24, 2.45) is 11.3 Å². The summed E-state index contributed by atoms with van der Waals surface area (Å²) in [7, 11) is 0. The van der Waals surface area contributed by atoms with Crippen LogP contribution in [0, 0.1) is 11.3 Å². The van der Waals surface area contributed by atoms with Gasteiger partial charge in [-0.15, -0.1) is 11.3 Å². The number of pyridine rings is 2. The van der Waals surface area contributed by atoms with E-state index in [0.717, 1.165) is 70.7 Å². The van der Waals surface area contributed by atoms with Crippen molar-refractivity contribution in [1.82, 2.24) is 20.2 Å². The number of fused-ring (bicyclic) bond motifs is 2. The Balaban J connectivity index is 1.22. The van der Waals surface area contributed by atoms with Crippen molar-refractivity contribution in [3.8, 4) is 11.1 Å². The summed E-state index contributed by atoms with van der Waals surface area (Å²) in [5.74, 6) is 0.624. The number of H-pyrrole nitrogens is 1. The number of thiophene rings is 1. The van der Waals surface area contributed by atoms with Crippen molar-refractivity contribution in [3.05, 3.63) is 86.8 Å². The first-order chi connectivity index (χ1) is 20.2. The summed E-state index contributed by atoms with van der Waals surface area (Å²) < 4.78 is 0. The van der Waals surface area contributed by atoms with Gasteiger partial charge in [0.1, 0.15) is 4.83 Å². The van der Waals surface area contributed by atoms with Crippen molar-refractivity contribution in [1.29, 1.82) is 0 Å². The zero-order chi connectivity index (χ0) is 29.3. The maximum atomic E-state index is 13.7. The predicted molar refractivity (Wildman–Crippen MR) is 172 cm³/mol. The Morgan fingerprint density at radius 3 is 2.55 bits per heavy atom. The molecular weight excluding hydrogens is 540 g/mol. The molecule has 1 aliphatic heterocycles. The molecule has 6 nitrogen and oxygen atoms in total. The van der Waals surface area contributed by atoms with Gasteiger partial charge in [-0.05, 0) is 103 Å². The highest BCUT2D eigenvalue weighted by atomic mass is 32.1. The number of benzene rings is 1. The molecule has 6 rings (SSSR count). The molecule has 0 bridgehead atoms. The molecule has 0 spiro atoms. The molecule has 42 heavy (non-hydrogen) atoms. The van der Waals surface area contributed by atoms with Crippen molar-refractivity contribution < 1.29 is 4.79 Å². The van der Waals surface area contributed by atoms with Crippen LogP contribution in [0.4, 0.5) is 0 Å². The standard InChI is InChI=1S/C35H42N4O2S/c1-35(2,3)28-12-13-29-26(20-28)19-27-21-31(42-34(27)38-29)33(41)37-30(15-18-39-16-5-4-6-17-39)24-9-7-23(8-10-24)25-11-14-32(40)36-22-25/h7-11,14,19,21-22,28,30H,4-6,12-13,15-18,20H2,1-3H3,(H,36,40)(H,37,41)/t28-,30+/m0/s1. The second kappa shape index (κ2) is 12.1. The largest absolute Gasteiger partial charge is 0.344 e. The van der Waals surface area contributed by atoms with Gasteiger partial charge in [-0.2, -0.15) is 0 Å². The Labute approximate surface area is 252 Å². The Bertz CT molecular complexity index is 1590. The summed E-state index contributed by atoms with van der Waals surface area (Å²) >= 11 is 1.51. The average Bonchev–Trinajstić information content (AvgIpc) is 3.41. The van der Waals surface area contributed by atoms with Gasteiger partial charge in [-0.1, -0.05) is 51.5 Å². The van der Waals surface area contributed by atoms with Gasteiger partial charge < -0.3 is 15.2 Å². The van der Waals surface area contributed by atoms with Crippen LogP contribution in [0.15, 0.2) is 59.5 Å². The molecule has 1 amide bonds. The molecule has 4 aromatic rings. The fraction of sp³-hybridized carbons (Fsp3) is 0.457. The number of rotatable bonds is 7. The highest BCUT2D eigenvalue weighted by molar-refractivity contribution is 7.20. The lowest BCUT2D eigenvalue weighted by molar-refractivity contribution is 0.0934. The van der Waals surface area contributed by atoms with Crippen LogP contribution in [-0.2, 0) is 12.8 Å². The van der Waals surface area contributed by atoms with Crippen LogP contribution in [-0.4, -0.2) is 40.4 Å². The fourth-order valence-electron chi connectivity index (χ4n) is 6.52. The summed E-state index contributed by atoms with van der Waals surface area (Å²) in [5, 5.41) is 4.46. The first-order valence-electron chi connectivity index (χ1n) is 15.5. The quantitative estimate of drug-likeness (QED) is 0.243. The Morgan fingerprint density at radius 2 is 1.83 bits per heavy atom. The van der Waals surface area contributed by atoms with Crippen molar-refractivity contribution >= 4 is 27.5 Å². The van der Waals surface area contributed by atoms with E-state index in [9.17, 15) is 9.59 Å². The van der Waals surface area contributed by atoms with Crippen molar-refractivity contribution in [2.75, 3.05) is 19.6 Å². The van der Waals surface area contributed by atoms with E-state index in [1.165, 1.54) is 48.3 Å². The molecule has 1 aliphatic carbocycles. The molecular formula is C35H42N4O2S. The van der Waals surface area contributed by atoms with E-state index in [-0.39, 0.29) is 22.9 Å². The maximum absolute atomic E-state index is 13.7. The van der Waals surface area contributed by atoms with Crippen molar-refractivity contribution in [2.45, 2.75) is 71.8 Å². The minimum absolute atomic E-state index is 0.0307. The first kappa shape index (κ1) is 28.8. The Morgan fingerprint density at radius 1 is 1.07 bits per heavy atom. The summed E-state index contributed by atoms with van der Waals surface area (Å²) in [6.45, 7) is 10.2. The highest BCUT2D eigenvalue weighted by Crippen LogP contribution is 2.38. The summed E-state index contributed by atoms with van der Waals surface area (Å²) in [6.07, 6.45) is 9.66. The lowest BCUT2D eigenvalue weighted by atomic mass is 9.71. The number of hydrogen-bond donors (Lipinski definition) is 2. The number of amides is 1. The van der Waals surface area contributed by atoms with Crippen LogP contribution in [0.1, 0.15) is 85.4 Å². The normalized spacial score (nSPS) is 18.5. The number of aromatic amines is 1. The number of carbonyl (C=O) groups excluding carboxylic acids is 1. The lowest BCUT2D eigenvalue weighted by Gasteiger charge is -2.34. The third-order valence-electron chi connectivity index (χ3n) is 9.24. The fourth-order valence-corrected chi connectivity index (χ4v) is 7.46. The number of hydrogen-bond acceptors (Lipinski definition) is 5. The number of aryl methyl sites for hydroxylation is 1. The van der Waals surface area contributed by atoms with E-state index in [4.69, 9.17) is 4.98 Å². The molecule has 2 aliphatic rings. The van der Waals surface area contributed by atoms with E-state index in [1.807, 2.05) is 12.1 Å². The number of aromatic nitrogens is 2. The number of carbonyl (C=O) groups is 1. The van der Waals surface area contributed by atoms with Gasteiger partial charge in [0.25, 0.3) is 5.91 Å². The van der Waals surface area contributed by atoms with E-state index in [2.05, 4.69) is 66.3 Å². The number of likely N-dealkylation sites (tertiary alicyclic amines) is 1. The van der Waals surface area contributed by atoms with Gasteiger partial charge in [0.15, 0.2) is 0 Å². The van der Waals surface area contributed by atoms with E-state index < -0.39 is 0 Å². The van der Waals surface area contributed by atoms with Gasteiger partial charge in [-0.3, -0.25) is 9.59 Å². The maximum Gasteiger partial charge on any atom is 0.261 e. The number of piperidine rings is 1. The van der Waals surface area contributed by atoms with Crippen LogP contribution in [0.25, 0.3) is 21.3 Å². The molecule has 220 valence electrons. The van der Waals surface area contributed by atoms with Gasteiger partial charge in [0.2, 0.25) is 5.56 Å². The zero-order valence-electron chi connectivity index (χ0n) is 25.0. The average molecular weight is 583 g/mol. The minimum atomic E-state index is -0.110. The highest BCUT2D eigenvalue weighted by Gasteiger charge is 2.30. The third-order valence-corrected chi connectivity index (χ3v) is 10.3. The van der Waals surface area contributed by atoms with Gasteiger partial charge in [-0.25, -0.2) is 4.98 Å². The number of nitrogens with one attached hydrogen (secondary N) is 2. The van der Waals surface area contributed by atoms with Gasteiger partial charge in [0.05, 0.1) is 10.9 Å². The predicted octanol–water partition coefficient (Wildman–Crippen LogP) is 7.15. The summed E-state index contributed by atoms with van der Waals surface area (Å²) in [6, 6.07) is 16.0. The van der Waals surface area contributed by atoms with Gasteiger partial charge in [0, 0.05) is 29.9 Å². The molecule has 1 saturated heterocycles. The molecule has 3 aromatic heterocycles. The molecule has 2 atom stereocenters. The van der Waals surface area contributed by atoms with Gasteiger partial charge >= 0.3 is 0 Å². The molecule has 0 radical (unpaired) electrons. The molecule has 7 heteroatoms. The van der Waals surface area contributed by atoms with E-state index in [0.29, 0.717) is 5.92 Å². The van der Waals surface area contributed by atoms with Crippen LogP contribution in [0.3, 0.4) is 0 Å². The van der Waals surface area contributed by atoms with Crippen LogP contribution in [0.2, 0.25) is 0 Å². The molecule has 2 N–H and O–H groups in total. The van der Waals surface area contributed by atoms with E-state index in [1.54, 1.807) is 12.3 Å². The molecule has 4 heterocycles. The first-order valence-corrected chi connectivity index (χ1v) is 16.3. The monoisotopic (exact) mass is 582 g/mol. The number of nitrogens with zero attached hydrogens (tertiary/aromatic N) is 2. The Kier molecular flexibility index (Phi) is 8.33.